The fourth-order valence-corrected chi connectivity index (χ4v) is 4.48. The summed E-state index contributed by atoms with van der Waals surface area (Å²) < 4.78 is 32.2. The van der Waals surface area contributed by atoms with Gasteiger partial charge in [-0.3, -0.25) is 4.79 Å². The van der Waals surface area contributed by atoms with Crippen LogP contribution in [0.5, 0.6) is 11.6 Å². The minimum Gasteiger partial charge on any atom is -0.439 e. The number of carbonyl (C=O) groups is 1. The van der Waals surface area contributed by atoms with Crippen molar-refractivity contribution >= 4 is 15.9 Å². The first-order valence-electron chi connectivity index (χ1n) is 10.00. The Morgan fingerprint density at radius 2 is 1.74 bits per heavy atom. The number of nitrogens with one attached hydrogen (secondary N) is 1. The first-order chi connectivity index (χ1) is 14.9. The van der Waals surface area contributed by atoms with Crippen LogP contribution < -0.4 is 10.1 Å². The van der Waals surface area contributed by atoms with Crippen molar-refractivity contribution in [2.45, 2.75) is 25.3 Å². The second kappa shape index (κ2) is 10.2. The van der Waals surface area contributed by atoms with E-state index in [2.05, 4.69) is 10.3 Å². The second-order valence-corrected chi connectivity index (χ2v) is 8.65. The number of hydrogen-bond donors (Lipinski definition) is 1. The molecule has 7 nitrogen and oxygen atoms in total. The molecule has 0 saturated heterocycles. The molecule has 1 heterocycles. The van der Waals surface area contributed by atoms with Gasteiger partial charge in [0.2, 0.25) is 15.9 Å². The van der Waals surface area contributed by atoms with Gasteiger partial charge >= 0.3 is 0 Å². The van der Waals surface area contributed by atoms with Crippen LogP contribution in [0.1, 0.15) is 29.8 Å². The average molecular weight is 440 g/mol. The van der Waals surface area contributed by atoms with Crippen LogP contribution in [0.4, 0.5) is 0 Å². The van der Waals surface area contributed by atoms with E-state index < -0.39 is 10.0 Å². The molecule has 0 radical (unpaired) electrons. The third kappa shape index (κ3) is 5.68. The minimum atomic E-state index is -3.55. The molecule has 3 rings (SSSR count). The summed E-state index contributed by atoms with van der Waals surface area (Å²) in [5.41, 5.74) is 1.25. The van der Waals surface area contributed by atoms with Crippen LogP contribution in [0.2, 0.25) is 0 Å². The van der Waals surface area contributed by atoms with Gasteiger partial charge in [0, 0.05) is 37.5 Å². The smallest absolute Gasteiger partial charge is 0.251 e. The maximum Gasteiger partial charge on any atom is 0.251 e. The van der Waals surface area contributed by atoms with Crippen molar-refractivity contribution in [1.29, 1.82) is 0 Å². The zero-order valence-corrected chi connectivity index (χ0v) is 18.3. The fourth-order valence-electron chi connectivity index (χ4n) is 3.02. The molecule has 0 aliphatic carbocycles. The Bertz CT molecular complexity index is 1110. The summed E-state index contributed by atoms with van der Waals surface area (Å²) in [5, 5.41) is 2.84. The number of benzene rings is 2. The third-order valence-corrected chi connectivity index (χ3v) is 6.74. The van der Waals surface area contributed by atoms with Gasteiger partial charge in [-0.1, -0.05) is 32.0 Å². The molecule has 162 valence electrons. The van der Waals surface area contributed by atoms with Crippen molar-refractivity contribution < 1.29 is 17.9 Å². The van der Waals surface area contributed by atoms with Gasteiger partial charge in [0.05, 0.1) is 4.90 Å². The number of carbonyl (C=O) groups excluding carboxylic acids is 1. The summed E-state index contributed by atoms with van der Waals surface area (Å²) in [6.07, 6.45) is 1.65. The molecule has 3 aromatic rings. The summed E-state index contributed by atoms with van der Waals surface area (Å²) in [6, 6.07) is 18.7. The average Bonchev–Trinajstić information content (AvgIpc) is 2.79. The number of hydrogen-bond acceptors (Lipinski definition) is 5. The molecule has 0 saturated carbocycles. The van der Waals surface area contributed by atoms with E-state index in [1.807, 2.05) is 36.4 Å². The van der Waals surface area contributed by atoms with Crippen molar-refractivity contribution in [2.75, 3.05) is 13.1 Å². The Labute approximate surface area is 182 Å². The first-order valence-corrected chi connectivity index (χ1v) is 11.4. The van der Waals surface area contributed by atoms with Crippen LogP contribution in [-0.2, 0) is 16.6 Å². The lowest BCUT2D eigenvalue weighted by atomic mass is 10.2. The van der Waals surface area contributed by atoms with Crippen molar-refractivity contribution in [3.63, 3.8) is 0 Å². The number of ether oxygens (including phenoxy) is 1. The molecule has 0 atom stereocenters. The molecule has 0 aliphatic rings. The van der Waals surface area contributed by atoms with Gasteiger partial charge in [-0.2, -0.15) is 4.31 Å². The number of pyridine rings is 1. The normalized spacial score (nSPS) is 11.3. The van der Waals surface area contributed by atoms with Crippen molar-refractivity contribution in [2.24, 2.45) is 0 Å². The highest BCUT2D eigenvalue weighted by atomic mass is 32.2. The van der Waals surface area contributed by atoms with Gasteiger partial charge in [0.1, 0.15) is 5.75 Å². The van der Waals surface area contributed by atoms with Crippen molar-refractivity contribution in [1.82, 2.24) is 14.6 Å². The minimum absolute atomic E-state index is 0.173. The van der Waals surface area contributed by atoms with Gasteiger partial charge in [-0.15, -0.1) is 0 Å². The van der Waals surface area contributed by atoms with Crippen LogP contribution in [0.25, 0.3) is 0 Å². The fraction of sp³-hybridized carbons (Fsp3) is 0.217. The summed E-state index contributed by atoms with van der Waals surface area (Å²) in [4.78, 5) is 16.8. The van der Waals surface area contributed by atoms with Gasteiger partial charge in [-0.05, 0) is 48.0 Å². The van der Waals surface area contributed by atoms with E-state index in [4.69, 9.17) is 4.74 Å². The summed E-state index contributed by atoms with van der Waals surface area (Å²) in [6.45, 7) is 4.67. The van der Waals surface area contributed by atoms with Crippen LogP contribution in [-0.4, -0.2) is 36.7 Å². The molecule has 31 heavy (non-hydrogen) atoms. The predicted octanol–water partition coefficient (Wildman–Crippen LogP) is 3.83. The van der Waals surface area contributed by atoms with Crippen molar-refractivity contribution in [3.05, 3.63) is 84.1 Å². The number of aromatic nitrogens is 1. The molecule has 8 heteroatoms. The number of rotatable bonds is 9. The van der Waals surface area contributed by atoms with Crippen LogP contribution >= 0.6 is 0 Å². The van der Waals surface area contributed by atoms with Crippen LogP contribution in [0, 0.1) is 0 Å². The topological polar surface area (TPSA) is 88.6 Å². The largest absolute Gasteiger partial charge is 0.439 e. The molecular formula is C23H25N3O4S. The number of sulfonamides is 1. The Kier molecular flexibility index (Phi) is 7.38. The number of nitrogens with zero attached hydrogens (tertiary/aromatic N) is 2. The lowest BCUT2D eigenvalue weighted by Crippen LogP contribution is -2.30. The Morgan fingerprint density at radius 3 is 2.39 bits per heavy atom. The lowest BCUT2D eigenvalue weighted by molar-refractivity contribution is 0.0950. The van der Waals surface area contributed by atoms with Gasteiger partial charge in [0.25, 0.3) is 5.91 Å². The molecule has 0 spiro atoms. The van der Waals surface area contributed by atoms with E-state index in [0.717, 1.165) is 5.56 Å². The monoisotopic (exact) mass is 439 g/mol. The first kappa shape index (κ1) is 22.5. The molecule has 1 N–H and O–H groups in total. The van der Waals surface area contributed by atoms with E-state index in [1.165, 1.54) is 28.6 Å². The zero-order valence-electron chi connectivity index (χ0n) is 17.5. The maximum absolute atomic E-state index is 12.6. The Morgan fingerprint density at radius 1 is 1.00 bits per heavy atom. The molecule has 1 amide bonds. The van der Waals surface area contributed by atoms with Gasteiger partial charge < -0.3 is 10.1 Å². The van der Waals surface area contributed by atoms with E-state index in [-0.39, 0.29) is 10.8 Å². The maximum atomic E-state index is 12.6. The molecule has 0 bridgehead atoms. The molecule has 0 aliphatic heterocycles. The van der Waals surface area contributed by atoms with Crippen LogP contribution in [0.15, 0.2) is 77.8 Å². The van der Waals surface area contributed by atoms with Crippen LogP contribution in [0.3, 0.4) is 0 Å². The SMILES string of the molecule is CCN(CC)S(=O)(=O)c1ccc(C(=O)NCc2cccc(Oc3ccccn3)c2)cc1. The molecular weight excluding hydrogens is 414 g/mol. The quantitative estimate of drug-likeness (QED) is 0.547. The highest BCUT2D eigenvalue weighted by molar-refractivity contribution is 7.89. The third-order valence-electron chi connectivity index (χ3n) is 4.67. The summed E-state index contributed by atoms with van der Waals surface area (Å²) in [5.74, 6) is 0.822. The van der Waals surface area contributed by atoms with E-state index in [1.54, 1.807) is 26.1 Å². The van der Waals surface area contributed by atoms with E-state index >= 15 is 0 Å². The highest BCUT2D eigenvalue weighted by Gasteiger charge is 2.21. The van der Waals surface area contributed by atoms with Gasteiger partial charge in [0.15, 0.2) is 0 Å². The molecule has 0 unspecified atom stereocenters. The lowest BCUT2D eigenvalue weighted by Gasteiger charge is -2.18. The molecule has 1 aromatic heterocycles. The summed E-state index contributed by atoms with van der Waals surface area (Å²) >= 11 is 0. The second-order valence-electron chi connectivity index (χ2n) is 6.71. The van der Waals surface area contributed by atoms with E-state index in [9.17, 15) is 13.2 Å². The highest BCUT2D eigenvalue weighted by Crippen LogP contribution is 2.20. The number of amides is 1. The van der Waals surface area contributed by atoms with Gasteiger partial charge in [-0.25, -0.2) is 13.4 Å². The predicted molar refractivity (Wildman–Crippen MR) is 118 cm³/mol. The Hall–Kier alpha value is -3.23. The summed E-state index contributed by atoms with van der Waals surface area (Å²) in [7, 11) is -3.55. The standard InChI is InChI=1S/C23H25N3O4S/c1-3-26(4-2)31(28,29)21-13-11-19(12-14-21)23(27)25-17-18-8-7-9-20(16-18)30-22-10-5-6-15-24-22/h5-16H,3-4,17H2,1-2H3,(H,25,27). The molecule has 2 aromatic carbocycles. The zero-order chi connectivity index (χ0) is 22.3. The Balaban J connectivity index is 1.63. The molecule has 0 fully saturated rings. The van der Waals surface area contributed by atoms with E-state index in [0.29, 0.717) is 36.8 Å². The van der Waals surface area contributed by atoms with Crippen molar-refractivity contribution in [3.8, 4) is 11.6 Å².